The van der Waals surface area contributed by atoms with E-state index < -0.39 is 23.3 Å². The molecule has 1 aliphatic heterocycles. The number of rotatable bonds is 1. The van der Waals surface area contributed by atoms with Crippen molar-refractivity contribution in [2.45, 2.75) is 32.6 Å². The predicted molar refractivity (Wildman–Crippen MR) is 52.0 cm³/mol. The smallest absolute Gasteiger partial charge is 0.394 e. The average Bonchev–Trinajstić information content (AvgIpc) is 2.59. The van der Waals surface area contributed by atoms with Crippen LogP contribution in [-0.4, -0.2) is 17.8 Å². The van der Waals surface area contributed by atoms with Crippen LogP contribution < -0.4 is 34.9 Å². The zero-order valence-electron chi connectivity index (χ0n) is 9.58. The van der Waals surface area contributed by atoms with E-state index in [2.05, 4.69) is 10.6 Å². The molecule has 16 heavy (non-hydrogen) atoms. The van der Waals surface area contributed by atoms with Crippen LogP contribution in [0.4, 0.5) is 4.79 Å². The maximum Gasteiger partial charge on any atom is 1.00 e. The molecule has 2 rings (SSSR count). The minimum Gasteiger partial charge on any atom is -0.394 e. The van der Waals surface area contributed by atoms with Crippen molar-refractivity contribution >= 4 is 17.8 Å². The predicted octanol–water partition coefficient (Wildman–Crippen LogP) is -1.66. The summed E-state index contributed by atoms with van der Waals surface area (Å²) in [5, 5.41) is 5.50. The second-order valence-corrected chi connectivity index (χ2v) is 4.14. The molecule has 1 N–H and O–H groups in total. The van der Waals surface area contributed by atoms with Crippen LogP contribution in [0.15, 0.2) is 0 Å². The monoisotopic (exact) mass is 232 g/mol. The molecule has 1 aliphatic carbocycles. The van der Waals surface area contributed by atoms with E-state index in [4.69, 9.17) is 0 Å². The molecule has 1 saturated heterocycles. The van der Waals surface area contributed by atoms with Gasteiger partial charge >= 0.3 is 29.6 Å². The molecule has 2 atom stereocenters. The minimum atomic E-state index is -1.04. The van der Waals surface area contributed by atoms with Crippen LogP contribution in [0.5, 0.6) is 0 Å². The van der Waals surface area contributed by atoms with Crippen LogP contribution >= 0.6 is 0 Å². The van der Waals surface area contributed by atoms with Crippen molar-refractivity contribution in [2.24, 2.45) is 11.3 Å². The second-order valence-electron chi connectivity index (χ2n) is 4.14. The third-order valence-electron chi connectivity index (χ3n) is 3.52. The number of barbiturate groups is 1. The van der Waals surface area contributed by atoms with E-state index in [1.54, 1.807) is 0 Å². The van der Waals surface area contributed by atoms with E-state index in [9.17, 15) is 14.4 Å². The Balaban J connectivity index is 0.00000128. The van der Waals surface area contributed by atoms with E-state index in [-0.39, 0.29) is 35.5 Å². The number of hydrogen-bond donors (Lipinski definition) is 1. The summed E-state index contributed by atoms with van der Waals surface area (Å²) in [5.41, 5.74) is -1.04. The molecule has 82 valence electrons. The fourth-order valence-corrected chi connectivity index (χ4v) is 2.74. The van der Waals surface area contributed by atoms with Crippen LogP contribution in [0, 0.1) is 11.3 Å². The molecule has 0 aromatic carbocycles. The van der Waals surface area contributed by atoms with Crippen LogP contribution in [0.1, 0.15) is 32.6 Å². The summed E-state index contributed by atoms with van der Waals surface area (Å²) in [6, 6.07) is -0.822. The number of hydrogen-bond acceptors (Lipinski definition) is 3. The van der Waals surface area contributed by atoms with Gasteiger partial charge in [0, 0.05) is 0 Å². The molecule has 1 spiro atoms. The SMILES string of the molecule is CCC1CCCC12C(=O)[N-]C(=O)NC2=O.[Na+]. The Hall–Kier alpha value is -0.390. The zero-order chi connectivity index (χ0) is 11.1. The van der Waals surface area contributed by atoms with Crippen molar-refractivity contribution in [3.8, 4) is 0 Å². The van der Waals surface area contributed by atoms with E-state index in [1.807, 2.05) is 6.92 Å². The molecule has 0 aromatic rings. The van der Waals surface area contributed by atoms with Gasteiger partial charge in [0.15, 0.2) is 17.8 Å². The number of carbonyl (C=O) groups is 3. The number of carbonyl (C=O) groups excluding carboxylic acids is 3. The van der Waals surface area contributed by atoms with Gasteiger partial charge in [-0.25, -0.2) is 0 Å². The van der Waals surface area contributed by atoms with E-state index in [1.165, 1.54) is 0 Å². The molecule has 2 unspecified atom stereocenters. The van der Waals surface area contributed by atoms with Crippen molar-refractivity contribution in [3.63, 3.8) is 0 Å². The van der Waals surface area contributed by atoms with Gasteiger partial charge in [0.05, 0.1) is 5.41 Å². The number of nitrogens with one attached hydrogen (secondary N) is 1. The van der Waals surface area contributed by atoms with Gasteiger partial charge in [-0.15, -0.1) is 0 Å². The minimum absolute atomic E-state index is 0. The van der Waals surface area contributed by atoms with Gasteiger partial charge in [-0.05, 0) is 18.8 Å². The summed E-state index contributed by atoms with van der Waals surface area (Å²) in [4.78, 5) is 34.5. The van der Waals surface area contributed by atoms with E-state index in [0.29, 0.717) is 6.42 Å². The third-order valence-corrected chi connectivity index (χ3v) is 3.52. The summed E-state index contributed by atoms with van der Waals surface area (Å²) >= 11 is 0. The average molecular weight is 232 g/mol. The number of imide groups is 2. The molecule has 5 nitrogen and oxygen atoms in total. The summed E-state index contributed by atoms with van der Waals surface area (Å²) < 4.78 is 0. The first kappa shape index (κ1) is 13.7. The van der Waals surface area contributed by atoms with Gasteiger partial charge < -0.3 is 10.6 Å². The molecule has 4 amide bonds. The van der Waals surface area contributed by atoms with Gasteiger partial charge in [0.2, 0.25) is 0 Å². The van der Waals surface area contributed by atoms with Gasteiger partial charge in [0.1, 0.15) is 0 Å². The second kappa shape index (κ2) is 4.85. The van der Waals surface area contributed by atoms with Gasteiger partial charge in [-0.3, -0.25) is 14.4 Å². The Labute approximate surface area is 116 Å². The Kier molecular flexibility index (Phi) is 4.15. The van der Waals surface area contributed by atoms with Crippen molar-refractivity contribution < 1.29 is 43.9 Å². The zero-order valence-corrected chi connectivity index (χ0v) is 11.6. The fraction of sp³-hybridized carbons (Fsp3) is 0.700. The topological polar surface area (TPSA) is 77.3 Å². The normalized spacial score (nSPS) is 33.3. The Bertz CT molecular complexity index is 323. The summed E-state index contributed by atoms with van der Waals surface area (Å²) in [6.45, 7) is 1.95. The molecule has 2 aliphatic rings. The van der Waals surface area contributed by atoms with Gasteiger partial charge in [-0.1, -0.05) is 19.8 Å². The molecule has 1 saturated carbocycles. The summed E-state index contributed by atoms with van der Waals surface area (Å²) in [7, 11) is 0. The number of amides is 4. The molecule has 0 radical (unpaired) electrons. The molecule has 6 heteroatoms. The number of nitrogens with zero attached hydrogens (tertiary/aromatic N) is 1. The first-order chi connectivity index (χ1) is 7.11. The first-order valence-corrected chi connectivity index (χ1v) is 5.23. The van der Waals surface area contributed by atoms with E-state index >= 15 is 0 Å². The summed E-state index contributed by atoms with van der Waals surface area (Å²) in [5.74, 6) is -0.959. The van der Waals surface area contributed by atoms with Crippen molar-refractivity contribution in [1.29, 1.82) is 0 Å². The van der Waals surface area contributed by atoms with Crippen molar-refractivity contribution in [3.05, 3.63) is 5.32 Å². The Morgan fingerprint density at radius 2 is 2.12 bits per heavy atom. The number of urea groups is 1. The third kappa shape index (κ3) is 1.81. The maximum atomic E-state index is 11.8. The standard InChI is InChI=1S/C10H14N2O3.Na/c1-2-6-4-3-5-10(6)7(13)11-9(15)12-8(10)14;/h6H,2-5H2,1H3,(H2,11,12,13,14,15);/q;+1/p-1. The molecular formula is C10H13N2NaO3. The van der Waals surface area contributed by atoms with Crippen molar-refractivity contribution in [1.82, 2.24) is 5.32 Å². The Morgan fingerprint density at radius 3 is 2.69 bits per heavy atom. The van der Waals surface area contributed by atoms with Crippen LogP contribution in [0.25, 0.3) is 5.32 Å². The molecule has 1 heterocycles. The van der Waals surface area contributed by atoms with Crippen LogP contribution in [0.2, 0.25) is 0 Å². The van der Waals surface area contributed by atoms with Gasteiger partial charge in [-0.2, -0.15) is 0 Å². The van der Waals surface area contributed by atoms with E-state index in [0.717, 1.165) is 19.3 Å². The summed E-state index contributed by atoms with van der Waals surface area (Å²) in [6.07, 6.45) is 3.00. The fourth-order valence-electron chi connectivity index (χ4n) is 2.74. The molecule has 0 bridgehead atoms. The maximum absolute atomic E-state index is 11.8. The largest absolute Gasteiger partial charge is 1.00 e. The first-order valence-electron chi connectivity index (χ1n) is 5.23. The Morgan fingerprint density at radius 1 is 1.44 bits per heavy atom. The molecule has 2 fully saturated rings. The van der Waals surface area contributed by atoms with Gasteiger partial charge in [0.25, 0.3) is 0 Å². The quantitative estimate of drug-likeness (QED) is 0.434. The molecular weight excluding hydrogens is 219 g/mol. The molecule has 0 aromatic heterocycles. The van der Waals surface area contributed by atoms with Crippen LogP contribution in [-0.2, 0) is 9.59 Å². The van der Waals surface area contributed by atoms with Crippen molar-refractivity contribution in [2.75, 3.05) is 0 Å². The van der Waals surface area contributed by atoms with Crippen LogP contribution in [0.3, 0.4) is 0 Å².